The zero-order chi connectivity index (χ0) is 24.5. The highest BCUT2D eigenvalue weighted by atomic mass is 35.5. The fourth-order valence-corrected chi connectivity index (χ4v) is 4.21. The van der Waals surface area contributed by atoms with Crippen LogP contribution in [0.2, 0.25) is 5.02 Å². The van der Waals surface area contributed by atoms with E-state index < -0.39 is 11.7 Å². The number of nitriles is 1. The molecule has 9 heteroatoms. The molecule has 0 saturated carbocycles. The number of hydrogen-bond donors (Lipinski definition) is 2. The first-order chi connectivity index (χ1) is 17.0. The molecule has 5 rings (SSSR count). The summed E-state index contributed by atoms with van der Waals surface area (Å²) < 4.78 is 38.8. The Kier molecular flexibility index (Phi) is 5.85. The first-order valence-electron chi connectivity index (χ1n) is 10.5. The molecule has 1 aliphatic rings. The second-order valence-corrected chi connectivity index (χ2v) is 8.21. The van der Waals surface area contributed by atoms with Gasteiger partial charge in [0.1, 0.15) is 35.6 Å². The summed E-state index contributed by atoms with van der Waals surface area (Å²) in [5, 5.41) is 17.3. The Labute approximate surface area is 204 Å². The van der Waals surface area contributed by atoms with Gasteiger partial charge in [0.05, 0.1) is 22.2 Å². The van der Waals surface area contributed by atoms with Crippen LogP contribution in [0.15, 0.2) is 78.2 Å². The van der Waals surface area contributed by atoms with Gasteiger partial charge in [-0.15, -0.1) is 5.10 Å². The van der Waals surface area contributed by atoms with E-state index in [0.717, 1.165) is 5.56 Å². The summed E-state index contributed by atoms with van der Waals surface area (Å²) in [5.41, 5.74) is 9.10. The summed E-state index contributed by atoms with van der Waals surface area (Å²) >= 11 is 6.07. The van der Waals surface area contributed by atoms with Crippen molar-refractivity contribution in [1.29, 1.82) is 5.26 Å². The zero-order valence-electron chi connectivity index (χ0n) is 18.1. The number of hydrogen-bond acceptors (Lipinski definition) is 5. The highest BCUT2D eigenvalue weighted by Crippen LogP contribution is 2.45. The van der Waals surface area contributed by atoms with Crippen LogP contribution in [0, 0.1) is 23.0 Å². The predicted octanol–water partition coefficient (Wildman–Crippen LogP) is 5.81. The SMILES string of the molecule is N#CC1=C(N)Oc2n[nH]c(-c3ccc(F)cc3)c2C1c1ccc(OCc2c(F)cccc2Cl)cc1. The minimum absolute atomic E-state index is 0.0426. The maximum atomic E-state index is 14.0. The third-order valence-corrected chi connectivity index (χ3v) is 6.08. The lowest BCUT2D eigenvalue weighted by molar-refractivity contribution is 0.300. The molecule has 3 aromatic carbocycles. The quantitative estimate of drug-likeness (QED) is 0.368. The Balaban J connectivity index is 1.49. The number of nitrogens with two attached hydrogens (primary N) is 1. The summed E-state index contributed by atoms with van der Waals surface area (Å²) in [6.07, 6.45) is 0. The van der Waals surface area contributed by atoms with Crippen LogP contribution in [0.4, 0.5) is 8.78 Å². The molecule has 0 spiro atoms. The minimum atomic E-state index is -0.586. The van der Waals surface area contributed by atoms with Gasteiger partial charge < -0.3 is 15.2 Å². The lowest BCUT2D eigenvalue weighted by atomic mass is 9.83. The summed E-state index contributed by atoms with van der Waals surface area (Å²) in [6.45, 7) is -0.0426. The Morgan fingerprint density at radius 1 is 1.09 bits per heavy atom. The van der Waals surface area contributed by atoms with Crippen molar-refractivity contribution in [2.24, 2.45) is 5.73 Å². The van der Waals surface area contributed by atoms with Gasteiger partial charge in [-0.3, -0.25) is 5.10 Å². The number of benzene rings is 3. The van der Waals surface area contributed by atoms with Gasteiger partial charge in [0, 0.05) is 11.1 Å². The van der Waals surface area contributed by atoms with Gasteiger partial charge in [0.15, 0.2) is 0 Å². The monoisotopic (exact) mass is 490 g/mol. The summed E-state index contributed by atoms with van der Waals surface area (Å²) in [4.78, 5) is 0. The van der Waals surface area contributed by atoms with E-state index in [2.05, 4.69) is 16.3 Å². The van der Waals surface area contributed by atoms with Crippen molar-refractivity contribution in [3.63, 3.8) is 0 Å². The van der Waals surface area contributed by atoms with E-state index in [1.807, 2.05) is 0 Å². The van der Waals surface area contributed by atoms with Crippen LogP contribution in [0.5, 0.6) is 11.6 Å². The molecule has 4 aromatic rings. The van der Waals surface area contributed by atoms with Crippen molar-refractivity contribution in [3.8, 4) is 29.0 Å². The minimum Gasteiger partial charge on any atom is -0.489 e. The topological polar surface area (TPSA) is 97.0 Å². The van der Waals surface area contributed by atoms with Crippen LogP contribution in [0.25, 0.3) is 11.3 Å². The van der Waals surface area contributed by atoms with Gasteiger partial charge in [-0.2, -0.15) is 5.26 Å². The van der Waals surface area contributed by atoms with Crippen molar-refractivity contribution in [2.75, 3.05) is 0 Å². The molecule has 2 heterocycles. The zero-order valence-corrected chi connectivity index (χ0v) is 18.8. The van der Waals surface area contributed by atoms with E-state index in [0.29, 0.717) is 22.6 Å². The van der Waals surface area contributed by atoms with Crippen LogP contribution in [0.1, 0.15) is 22.6 Å². The average Bonchev–Trinajstić information content (AvgIpc) is 3.27. The molecular formula is C26H17ClF2N4O2. The third kappa shape index (κ3) is 4.18. The molecule has 1 atom stereocenters. The molecular weight excluding hydrogens is 474 g/mol. The van der Waals surface area contributed by atoms with Crippen LogP contribution in [-0.2, 0) is 6.61 Å². The number of halogens is 3. The second-order valence-electron chi connectivity index (χ2n) is 7.81. The summed E-state index contributed by atoms with van der Waals surface area (Å²) in [7, 11) is 0. The van der Waals surface area contributed by atoms with Crippen molar-refractivity contribution in [1.82, 2.24) is 10.2 Å². The number of aromatic amines is 1. The Morgan fingerprint density at radius 3 is 2.51 bits per heavy atom. The lowest BCUT2D eigenvalue weighted by Crippen LogP contribution is -2.21. The smallest absolute Gasteiger partial charge is 0.244 e. The molecule has 0 bridgehead atoms. The molecule has 1 unspecified atom stereocenters. The third-order valence-electron chi connectivity index (χ3n) is 5.73. The summed E-state index contributed by atoms with van der Waals surface area (Å²) in [6, 6.07) is 19.5. The van der Waals surface area contributed by atoms with Gasteiger partial charge in [-0.25, -0.2) is 8.78 Å². The van der Waals surface area contributed by atoms with E-state index in [9.17, 15) is 14.0 Å². The Hall–Kier alpha value is -4.35. The molecule has 0 saturated heterocycles. The van der Waals surface area contributed by atoms with Gasteiger partial charge in [0.2, 0.25) is 11.8 Å². The molecule has 0 aliphatic carbocycles. The molecule has 0 fully saturated rings. The van der Waals surface area contributed by atoms with Gasteiger partial charge in [-0.05, 0) is 54.1 Å². The second kappa shape index (κ2) is 9.12. The maximum absolute atomic E-state index is 14.0. The lowest BCUT2D eigenvalue weighted by Gasteiger charge is -2.24. The Morgan fingerprint density at radius 2 is 1.83 bits per heavy atom. The molecule has 6 nitrogen and oxygen atoms in total. The largest absolute Gasteiger partial charge is 0.489 e. The van der Waals surface area contributed by atoms with Gasteiger partial charge in [0.25, 0.3) is 0 Å². The van der Waals surface area contributed by atoms with Crippen LogP contribution >= 0.6 is 11.6 Å². The van der Waals surface area contributed by atoms with E-state index in [4.69, 9.17) is 26.8 Å². The normalized spacial score (nSPS) is 14.7. The number of aromatic nitrogens is 2. The molecule has 174 valence electrons. The number of rotatable bonds is 5. The number of ether oxygens (including phenoxy) is 2. The van der Waals surface area contributed by atoms with Crippen molar-refractivity contribution in [3.05, 3.63) is 112 Å². The van der Waals surface area contributed by atoms with Crippen molar-refractivity contribution in [2.45, 2.75) is 12.5 Å². The van der Waals surface area contributed by atoms with E-state index in [1.165, 1.54) is 24.3 Å². The highest BCUT2D eigenvalue weighted by Gasteiger charge is 2.35. The summed E-state index contributed by atoms with van der Waals surface area (Å²) in [5.74, 6) is -0.725. The first-order valence-corrected chi connectivity index (χ1v) is 10.9. The molecule has 1 aromatic heterocycles. The fourth-order valence-electron chi connectivity index (χ4n) is 4.00. The number of nitrogens with one attached hydrogen (secondary N) is 1. The molecule has 1 aliphatic heterocycles. The number of H-pyrrole nitrogens is 1. The fraction of sp³-hybridized carbons (Fsp3) is 0.0769. The standard InChI is InChI=1S/C26H17ClF2N4O2/c27-20-2-1-3-21(29)19(20)13-34-17-10-6-14(7-11-17)22-18(12-30)25(31)35-26-23(22)24(32-33-26)15-4-8-16(28)9-5-15/h1-11,22H,13,31H2,(H,32,33). The van der Waals surface area contributed by atoms with Crippen LogP contribution in [0.3, 0.4) is 0 Å². The number of nitrogens with zero attached hydrogens (tertiary/aromatic N) is 2. The van der Waals surface area contributed by atoms with Crippen molar-refractivity contribution >= 4 is 11.6 Å². The van der Waals surface area contributed by atoms with E-state index in [1.54, 1.807) is 42.5 Å². The number of allylic oxidation sites excluding steroid dienone is 1. The molecule has 35 heavy (non-hydrogen) atoms. The van der Waals surface area contributed by atoms with Crippen LogP contribution < -0.4 is 15.2 Å². The van der Waals surface area contributed by atoms with E-state index in [-0.39, 0.29) is 40.3 Å². The maximum Gasteiger partial charge on any atom is 0.244 e. The first kappa shape index (κ1) is 22.4. The van der Waals surface area contributed by atoms with Crippen LogP contribution in [-0.4, -0.2) is 10.2 Å². The molecule has 0 radical (unpaired) electrons. The van der Waals surface area contributed by atoms with E-state index >= 15 is 0 Å². The van der Waals surface area contributed by atoms with Gasteiger partial charge in [-0.1, -0.05) is 29.8 Å². The Bertz CT molecular complexity index is 1450. The van der Waals surface area contributed by atoms with Crippen molar-refractivity contribution < 1.29 is 18.3 Å². The predicted molar refractivity (Wildman–Crippen MR) is 125 cm³/mol. The highest BCUT2D eigenvalue weighted by molar-refractivity contribution is 6.31. The van der Waals surface area contributed by atoms with Gasteiger partial charge >= 0.3 is 0 Å². The number of fused-ring (bicyclic) bond motifs is 1. The average molecular weight is 491 g/mol. The molecule has 3 N–H and O–H groups in total. The molecule has 0 amide bonds.